The summed E-state index contributed by atoms with van der Waals surface area (Å²) in [6, 6.07) is 4.33. The van der Waals surface area contributed by atoms with E-state index in [-0.39, 0.29) is 6.42 Å². The van der Waals surface area contributed by atoms with Crippen molar-refractivity contribution < 1.29 is 9.90 Å². The second-order valence-electron chi connectivity index (χ2n) is 3.47. The van der Waals surface area contributed by atoms with Crippen molar-refractivity contribution >= 4 is 17.3 Å². The van der Waals surface area contributed by atoms with Crippen LogP contribution >= 0.6 is 11.3 Å². The number of carboxylic acid groups (broad SMARTS) is 1. The largest absolute Gasteiger partial charge is 0.481 e. The molecule has 0 atom stereocenters. The van der Waals surface area contributed by atoms with Gasteiger partial charge < -0.3 is 10.4 Å². The molecule has 0 saturated carbocycles. The first-order chi connectivity index (χ1) is 6.58. The molecule has 1 heterocycles. The average Bonchev–Trinajstić information content (AvgIpc) is 2.47. The van der Waals surface area contributed by atoms with E-state index in [0.29, 0.717) is 6.04 Å². The molecule has 78 valence electrons. The molecule has 3 nitrogen and oxygen atoms in total. The quantitative estimate of drug-likeness (QED) is 0.785. The molecule has 0 aromatic carbocycles. The molecule has 1 rings (SSSR count). The van der Waals surface area contributed by atoms with Gasteiger partial charge in [-0.3, -0.25) is 4.79 Å². The summed E-state index contributed by atoms with van der Waals surface area (Å²) in [5.41, 5.74) is 0. The van der Waals surface area contributed by atoms with Gasteiger partial charge in [0.05, 0.1) is 6.42 Å². The van der Waals surface area contributed by atoms with Crippen molar-refractivity contribution in [1.29, 1.82) is 0 Å². The number of thiophene rings is 1. The van der Waals surface area contributed by atoms with Gasteiger partial charge in [0.2, 0.25) is 0 Å². The zero-order valence-corrected chi connectivity index (χ0v) is 9.23. The zero-order chi connectivity index (χ0) is 10.6. The first-order valence-corrected chi connectivity index (χ1v) is 5.42. The lowest BCUT2D eigenvalue weighted by molar-refractivity contribution is -0.136. The highest BCUT2D eigenvalue weighted by Gasteiger charge is 2.04. The number of nitrogens with one attached hydrogen (secondary N) is 1. The maximum atomic E-state index is 10.4. The van der Waals surface area contributed by atoms with Gasteiger partial charge in [0.15, 0.2) is 0 Å². The number of hydrogen-bond acceptors (Lipinski definition) is 3. The average molecular weight is 213 g/mol. The molecular formula is C10H15NO2S. The second kappa shape index (κ2) is 5.12. The molecule has 0 fully saturated rings. The number of carbonyl (C=O) groups is 1. The van der Waals surface area contributed by atoms with Crippen LogP contribution in [0.2, 0.25) is 0 Å². The summed E-state index contributed by atoms with van der Waals surface area (Å²) in [7, 11) is 0. The predicted octanol–water partition coefficient (Wildman–Crippen LogP) is 1.87. The molecule has 0 bridgehead atoms. The lowest BCUT2D eigenvalue weighted by Gasteiger charge is -2.05. The van der Waals surface area contributed by atoms with E-state index >= 15 is 0 Å². The van der Waals surface area contributed by atoms with Gasteiger partial charge in [-0.25, -0.2) is 0 Å². The Balaban J connectivity index is 2.46. The Labute approximate surface area is 87.8 Å². The van der Waals surface area contributed by atoms with Crippen LogP contribution in [0.15, 0.2) is 12.1 Å². The Morgan fingerprint density at radius 2 is 2.14 bits per heavy atom. The summed E-state index contributed by atoms with van der Waals surface area (Å²) >= 11 is 1.56. The molecule has 0 aliphatic rings. The maximum Gasteiger partial charge on any atom is 0.308 e. The summed E-state index contributed by atoms with van der Waals surface area (Å²) in [6.07, 6.45) is 0.131. The predicted molar refractivity (Wildman–Crippen MR) is 57.6 cm³/mol. The van der Waals surface area contributed by atoms with E-state index in [1.54, 1.807) is 11.3 Å². The minimum Gasteiger partial charge on any atom is -0.481 e. The van der Waals surface area contributed by atoms with Crippen LogP contribution in [-0.2, 0) is 17.8 Å². The van der Waals surface area contributed by atoms with E-state index in [0.717, 1.165) is 11.4 Å². The van der Waals surface area contributed by atoms with Crippen molar-refractivity contribution in [3.8, 4) is 0 Å². The Morgan fingerprint density at radius 3 is 2.71 bits per heavy atom. The standard InChI is InChI=1S/C10H15NO2S/c1-7(2)11-6-9-4-3-8(14-9)5-10(12)13/h3-4,7,11H,5-6H2,1-2H3,(H,12,13). The van der Waals surface area contributed by atoms with E-state index < -0.39 is 5.97 Å². The van der Waals surface area contributed by atoms with Gasteiger partial charge in [-0.1, -0.05) is 13.8 Å². The molecule has 4 heteroatoms. The highest BCUT2D eigenvalue weighted by atomic mass is 32.1. The van der Waals surface area contributed by atoms with Crippen LogP contribution in [0.4, 0.5) is 0 Å². The van der Waals surface area contributed by atoms with Crippen LogP contribution in [0.3, 0.4) is 0 Å². The molecule has 0 amide bonds. The van der Waals surface area contributed by atoms with Gasteiger partial charge >= 0.3 is 5.97 Å². The van der Waals surface area contributed by atoms with Crippen LogP contribution < -0.4 is 5.32 Å². The number of hydrogen-bond donors (Lipinski definition) is 2. The molecule has 1 aromatic heterocycles. The number of aliphatic carboxylic acids is 1. The Kier molecular flexibility index (Phi) is 4.10. The van der Waals surface area contributed by atoms with Crippen molar-refractivity contribution in [3.63, 3.8) is 0 Å². The number of carboxylic acids is 1. The van der Waals surface area contributed by atoms with Crippen molar-refractivity contribution in [2.45, 2.75) is 32.9 Å². The molecule has 0 unspecified atom stereocenters. The molecule has 0 saturated heterocycles. The summed E-state index contributed by atoms with van der Waals surface area (Å²) in [5.74, 6) is -0.768. The van der Waals surface area contributed by atoms with Crippen molar-refractivity contribution in [2.24, 2.45) is 0 Å². The molecular weight excluding hydrogens is 198 g/mol. The Hall–Kier alpha value is -0.870. The second-order valence-corrected chi connectivity index (χ2v) is 4.73. The fraction of sp³-hybridized carbons (Fsp3) is 0.500. The summed E-state index contributed by atoms with van der Waals surface area (Å²) in [5, 5.41) is 11.9. The minimum atomic E-state index is -0.768. The Morgan fingerprint density at radius 1 is 1.50 bits per heavy atom. The van der Waals surface area contributed by atoms with Gasteiger partial charge in [-0.05, 0) is 12.1 Å². The third-order valence-electron chi connectivity index (χ3n) is 1.73. The fourth-order valence-electron chi connectivity index (χ4n) is 1.07. The highest BCUT2D eigenvalue weighted by molar-refractivity contribution is 7.12. The smallest absolute Gasteiger partial charge is 0.308 e. The van der Waals surface area contributed by atoms with Crippen molar-refractivity contribution in [1.82, 2.24) is 5.32 Å². The van der Waals surface area contributed by atoms with Gasteiger partial charge in [0, 0.05) is 22.3 Å². The van der Waals surface area contributed by atoms with Gasteiger partial charge in [0.1, 0.15) is 0 Å². The van der Waals surface area contributed by atoms with Crippen molar-refractivity contribution in [3.05, 3.63) is 21.9 Å². The third kappa shape index (κ3) is 3.89. The van der Waals surface area contributed by atoms with E-state index in [4.69, 9.17) is 5.11 Å². The molecule has 0 spiro atoms. The van der Waals surface area contributed by atoms with Crippen LogP contribution in [-0.4, -0.2) is 17.1 Å². The molecule has 0 aliphatic heterocycles. The third-order valence-corrected chi connectivity index (χ3v) is 2.81. The molecule has 2 N–H and O–H groups in total. The van der Waals surface area contributed by atoms with Crippen LogP contribution in [0.25, 0.3) is 0 Å². The molecule has 0 aliphatic carbocycles. The summed E-state index contributed by atoms with van der Waals surface area (Å²) in [6.45, 7) is 5.00. The lowest BCUT2D eigenvalue weighted by Crippen LogP contribution is -2.21. The molecule has 0 radical (unpaired) electrons. The van der Waals surface area contributed by atoms with Crippen LogP contribution in [0, 0.1) is 0 Å². The zero-order valence-electron chi connectivity index (χ0n) is 8.41. The van der Waals surface area contributed by atoms with E-state index in [1.165, 1.54) is 4.88 Å². The van der Waals surface area contributed by atoms with Gasteiger partial charge in [0.25, 0.3) is 0 Å². The topological polar surface area (TPSA) is 49.3 Å². The van der Waals surface area contributed by atoms with Crippen LogP contribution in [0.5, 0.6) is 0 Å². The first kappa shape index (κ1) is 11.2. The van der Waals surface area contributed by atoms with Gasteiger partial charge in [-0.2, -0.15) is 0 Å². The Bertz CT molecular complexity index is 307. The normalized spacial score (nSPS) is 10.8. The number of rotatable bonds is 5. The van der Waals surface area contributed by atoms with Crippen LogP contribution in [0.1, 0.15) is 23.6 Å². The van der Waals surface area contributed by atoms with Gasteiger partial charge in [-0.15, -0.1) is 11.3 Å². The van der Waals surface area contributed by atoms with E-state index in [1.807, 2.05) is 12.1 Å². The molecule has 14 heavy (non-hydrogen) atoms. The van der Waals surface area contributed by atoms with E-state index in [9.17, 15) is 4.79 Å². The molecule has 1 aromatic rings. The van der Waals surface area contributed by atoms with E-state index in [2.05, 4.69) is 19.2 Å². The maximum absolute atomic E-state index is 10.4. The fourth-order valence-corrected chi connectivity index (χ4v) is 2.03. The minimum absolute atomic E-state index is 0.131. The summed E-state index contributed by atoms with van der Waals surface area (Å²) in [4.78, 5) is 12.5. The lowest BCUT2D eigenvalue weighted by atomic mass is 10.3. The van der Waals surface area contributed by atoms with Crippen molar-refractivity contribution in [2.75, 3.05) is 0 Å². The first-order valence-electron chi connectivity index (χ1n) is 4.60. The summed E-state index contributed by atoms with van der Waals surface area (Å²) < 4.78 is 0. The highest BCUT2D eigenvalue weighted by Crippen LogP contribution is 2.16. The SMILES string of the molecule is CC(C)NCc1ccc(CC(=O)O)s1. The monoisotopic (exact) mass is 213 g/mol.